The van der Waals surface area contributed by atoms with Crippen LogP contribution in [0.3, 0.4) is 0 Å². The van der Waals surface area contributed by atoms with Crippen LogP contribution in [-0.2, 0) is 0 Å². The second-order valence-electron chi connectivity index (χ2n) is 5.58. The van der Waals surface area contributed by atoms with Crippen molar-refractivity contribution in [1.29, 1.82) is 0 Å². The van der Waals surface area contributed by atoms with Crippen molar-refractivity contribution in [2.45, 2.75) is 45.4 Å². The quantitative estimate of drug-likeness (QED) is 0.105. The van der Waals surface area contributed by atoms with Gasteiger partial charge in [-0.2, -0.15) is 50.5 Å². The number of hydrogen-bond acceptors (Lipinski definition) is 14. The Kier molecular flexibility index (Phi) is 19.8. The monoisotopic (exact) mass is 656 g/mol. The van der Waals surface area contributed by atoms with Crippen molar-refractivity contribution < 1.29 is 0 Å². The average molecular weight is 657 g/mol. The van der Waals surface area contributed by atoms with E-state index >= 15 is 0 Å². The first-order valence-corrected chi connectivity index (χ1v) is 21.5. The molecule has 0 radical (unpaired) electrons. The Bertz CT molecular complexity index is 374. The fourth-order valence-corrected chi connectivity index (χ4v) is 23.3. The molecular weight excluding hydrogens is 629 g/mol. The molecule has 2 aliphatic heterocycles. The molecule has 2 heterocycles. The molecule has 2 fully saturated rings. The van der Waals surface area contributed by atoms with E-state index in [0.29, 0.717) is 26.2 Å². The van der Waals surface area contributed by atoms with Crippen molar-refractivity contribution in [2.75, 3.05) is 31.8 Å². The summed E-state index contributed by atoms with van der Waals surface area (Å²) in [7, 11) is 0. The van der Waals surface area contributed by atoms with E-state index in [1.54, 1.807) is 0 Å². The van der Waals surface area contributed by atoms with Gasteiger partial charge in [0.15, 0.2) is 0 Å². The highest BCUT2D eigenvalue weighted by molar-refractivity contribution is 8.39. The van der Waals surface area contributed by atoms with Crippen LogP contribution in [0.5, 0.6) is 0 Å². The maximum Gasteiger partial charge on any atom is 0.0978 e. The number of rotatable bonds is 14. The number of thioether (sulfide) groups is 10. The summed E-state index contributed by atoms with van der Waals surface area (Å²) in [5.74, 6) is 2.55. The van der Waals surface area contributed by atoms with Gasteiger partial charge in [-0.05, 0) is 30.8 Å². The standard InChI is InChI=1S/C15H28S14/c16-6-22-10-1-3-20-14(26-10)28-12(24-8-18)5-13(25-9-19)29-15-21-4-2-11(27-15)23-7-17/h10-19H,1-9H2. The molecule has 14 heteroatoms. The first-order chi connectivity index (χ1) is 14.2. The molecule has 0 amide bonds. The Morgan fingerprint density at radius 1 is 0.690 bits per heavy atom. The van der Waals surface area contributed by atoms with Crippen molar-refractivity contribution in [3.05, 3.63) is 0 Å². The van der Waals surface area contributed by atoms with Crippen LogP contribution in [0.2, 0.25) is 0 Å². The number of hydrogen-bond donors (Lipinski definition) is 4. The van der Waals surface area contributed by atoms with E-state index in [1.165, 1.54) is 30.8 Å². The van der Waals surface area contributed by atoms with Gasteiger partial charge in [-0.25, -0.2) is 0 Å². The molecule has 0 aromatic heterocycles. The summed E-state index contributed by atoms with van der Waals surface area (Å²) in [5.41, 5.74) is 0. The minimum absolute atomic E-state index is 0.600. The van der Waals surface area contributed by atoms with E-state index in [2.05, 4.69) is 121 Å². The molecule has 2 aliphatic rings. The molecule has 0 nitrogen and oxygen atoms in total. The second-order valence-corrected chi connectivity index (χ2v) is 24.0. The highest BCUT2D eigenvalue weighted by Crippen LogP contribution is 2.53. The zero-order valence-corrected chi connectivity index (χ0v) is 27.4. The third-order valence-corrected chi connectivity index (χ3v) is 20.1. The van der Waals surface area contributed by atoms with Crippen LogP contribution >= 0.6 is 168 Å². The van der Waals surface area contributed by atoms with Gasteiger partial charge < -0.3 is 0 Å². The largest absolute Gasteiger partial charge is 0.168 e. The Morgan fingerprint density at radius 3 is 1.52 bits per heavy atom. The van der Waals surface area contributed by atoms with Gasteiger partial charge in [-0.15, -0.1) is 118 Å². The van der Waals surface area contributed by atoms with Crippen molar-refractivity contribution in [3.63, 3.8) is 0 Å². The summed E-state index contributed by atoms with van der Waals surface area (Å²) < 4.78 is 3.90. The topological polar surface area (TPSA) is 0 Å². The van der Waals surface area contributed by atoms with Gasteiger partial charge in [0.1, 0.15) is 0 Å². The van der Waals surface area contributed by atoms with Crippen LogP contribution in [-0.4, -0.2) is 58.0 Å². The van der Waals surface area contributed by atoms with Crippen LogP contribution < -0.4 is 0 Å². The summed E-state index contributed by atoms with van der Waals surface area (Å²) in [6.45, 7) is 0. The Labute approximate surface area is 242 Å². The Morgan fingerprint density at radius 2 is 1.14 bits per heavy atom. The van der Waals surface area contributed by atoms with Crippen molar-refractivity contribution in [1.82, 2.24) is 0 Å². The van der Waals surface area contributed by atoms with Crippen LogP contribution in [0, 0.1) is 0 Å². The van der Waals surface area contributed by atoms with Crippen molar-refractivity contribution in [2.24, 2.45) is 0 Å². The van der Waals surface area contributed by atoms with Crippen LogP contribution in [0.15, 0.2) is 0 Å². The molecular formula is C15H28S14. The summed E-state index contributed by atoms with van der Waals surface area (Å²) in [6, 6.07) is 0. The highest BCUT2D eigenvalue weighted by atomic mass is 32.3. The van der Waals surface area contributed by atoms with E-state index in [9.17, 15) is 0 Å². The highest BCUT2D eigenvalue weighted by Gasteiger charge is 2.30. The van der Waals surface area contributed by atoms with E-state index in [-0.39, 0.29) is 0 Å². The molecule has 0 saturated carbocycles. The number of thiol groups is 4. The zero-order valence-electron chi connectivity index (χ0n) is 15.7. The third kappa shape index (κ3) is 13.1. The lowest BCUT2D eigenvalue weighted by molar-refractivity contribution is 1.03. The predicted octanol–water partition coefficient (Wildman–Crippen LogP) is 8.94. The summed E-state index contributed by atoms with van der Waals surface area (Å²) in [5, 5.41) is 3.64. The molecule has 6 unspecified atom stereocenters. The average Bonchev–Trinajstić information content (AvgIpc) is 2.69. The molecule has 0 aliphatic carbocycles. The van der Waals surface area contributed by atoms with E-state index < -0.39 is 0 Å². The molecule has 0 N–H and O–H groups in total. The summed E-state index contributed by atoms with van der Waals surface area (Å²) in [6.07, 6.45) is 3.82. The third-order valence-electron chi connectivity index (χ3n) is 3.69. The lowest BCUT2D eigenvalue weighted by atomic mass is 10.5. The maximum absolute atomic E-state index is 4.54. The lowest BCUT2D eigenvalue weighted by Crippen LogP contribution is -2.18. The minimum Gasteiger partial charge on any atom is -0.168 e. The van der Waals surface area contributed by atoms with Crippen LogP contribution in [0.1, 0.15) is 19.3 Å². The van der Waals surface area contributed by atoms with E-state index in [4.69, 9.17) is 0 Å². The normalized spacial score (nSPS) is 30.2. The van der Waals surface area contributed by atoms with Crippen molar-refractivity contribution in [3.8, 4) is 0 Å². The molecule has 0 aromatic rings. The fraction of sp³-hybridized carbons (Fsp3) is 1.00. The van der Waals surface area contributed by atoms with Gasteiger partial charge in [-0.1, -0.05) is 0 Å². The van der Waals surface area contributed by atoms with Crippen LogP contribution in [0.25, 0.3) is 0 Å². The molecule has 172 valence electrons. The van der Waals surface area contributed by atoms with Crippen molar-refractivity contribution >= 4 is 168 Å². The summed E-state index contributed by atoms with van der Waals surface area (Å²) >= 11 is 38.8. The van der Waals surface area contributed by atoms with Gasteiger partial charge in [0.05, 0.1) is 26.2 Å². The minimum atomic E-state index is 0.600. The Hall–Kier alpha value is 4.90. The molecule has 2 saturated heterocycles. The SMILES string of the molecule is SCSC1CCSC(SC(CC(SCS)SC2SCCC(SCS)S2)SCS)S1. The molecule has 0 bridgehead atoms. The van der Waals surface area contributed by atoms with Gasteiger partial charge in [0, 0.05) is 20.3 Å². The van der Waals surface area contributed by atoms with Gasteiger partial charge in [-0.3, -0.25) is 0 Å². The van der Waals surface area contributed by atoms with Gasteiger partial charge >= 0.3 is 0 Å². The second kappa shape index (κ2) is 19.1. The fourth-order valence-electron chi connectivity index (χ4n) is 2.43. The van der Waals surface area contributed by atoms with Gasteiger partial charge in [0.25, 0.3) is 0 Å². The first kappa shape index (κ1) is 30.1. The zero-order chi connectivity index (χ0) is 20.9. The molecule has 6 atom stereocenters. The predicted molar refractivity (Wildman–Crippen MR) is 178 cm³/mol. The Balaban J connectivity index is 1.87. The molecule has 0 spiro atoms. The molecule has 29 heavy (non-hydrogen) atoms. The maximum atomic E-state index is 4.54. The smallest absolute Gasteiger partial charge is 0.0978 e. The first-order valence-electron chi connectivity index (χ1n) is 8.93. The van der Waals surface area contributed by atoms with Crippen LogP contribution in [0.4, 0.5) is 0 Å². The molecule has 0 aromatic carbocycles. The summed E-state index contributed by atoms with van der Waals surface area (Å²) in [4.78, 5) is 0. The lowest BCUT2D eigenvalue weighted by Gasteiger charge is -2.32. The van der Waals surface area contributed by atoms with Gasteiger partial charge in [0.2, 0.25) is 0 Å². The van der Waals surface area contributed by atoms with E-state index in [1.807, 2.05) is 47.0 Å². The van der Waals surface area contributed by atoms with E-state index in [0.717, 1.165) is 20.3 Å². The molecule has 2 rings (SSSR count).